The molecule has 90 valence electrons. The highest BCUT2D eigenvalue weighted by Crippen LogP contribution is 2.31. The lowest BCUT2D eigenvalue weighted by Crippen LogP contribution is -2.12. The minimum absolute atomic E-state index is 0.338. The molecule has 2 aromatic rings. The smallest absolute Gasteiger partial charge is 0.146 e. The Labute approximate surface area is 110 Å². The second-order valence-corrected chi connectivity index (χ2v) is 4.16. The first kappa shape index (κ1) is 12.4. The van der Waals surface area contributed by atoms with Crippen molar-refractivity contribution >= 4 is 23.0 Å². The largest absolute Gasteiger partial charge is 0.341 e. The van der Waals surface area contributed by atoms with E-state index < -0.39 is 0 Å². The van der Waals surface area contributed by atoms with Gasteiger partial charge in [0.05, 0.1) is 22.0 Å². The van der Waals surface area contributed by atoms with Crippen LogP contribution in [0.25, 0.3) is 0 Å². The van der Waals surface area contributed by atoms with Gasteiger partial charge in [0.25, 0.3) is 0 Å². The summed E-state index contributed by atoms with van der Waals surface area (Å²) >= 11 is 5.96. The van der Waals surface area contributed by atoms with Crippen LogP contribution in [0.4, 0.5) is 15.8 Å². The van der Waals surface area contributed by atoms with Crippen LogP contribution >= 0.6 is 11.6 Å². The Balaban J connectivity index is 2.54. The molecule has 0 unspecified atom stereocenters. The summed E-state index contributed by atoms with van der Waals surface area (Å²) in [7, 11) is 1.70. The lowest BCUT2D eigenvalue weighted by Gasteiger charge is -2.21. The number of hydrogen-bond donors (Lipinski definition) is 0. The molecule has 4 heteroatoms. The molecule has 0 amide bonds. The molecule has 2 nitrogen and oxygen atoms in total. The van der Waals surface area contributed by atoms with Crippen LogP contribution in [0, 0.1) is 17.1 Å². The number of hydrogen-bond acceptors (Lipinski definition) is 2. The van der Waals surface area contributed by atoms with Gasteiger partial charge in [-0.05, 0) is 24.3 Å². The lowest BCUT2D eigenvalue weighted by molar-refractivity contribution is 0.627. The number of halogens is 2. The van der Waals surface area contributed by atoms with Crippen molar-refractivity contribution in [3.63, 3.8) is 0 Å². The Morgan fingerprint density at radius 1 is 1.11 bits per heavy atom. The zero-order valence-corrected chi connectivity index (χ0v) is 10.4. The highest BCUT2D eigenvalue weighted by molar-refractivity contribution is 6.32. The molecule has 0 saturated heterocycles. The van der Waals surface area contributed by atoms with E-state index in [4.69, 9.17) is 16.9 Å². The zero-order chi connectivity index (χ0) is 13.1. The number of anilines is 2. The van der Waals surface area contributed by atoms with Crippen LogP contribution in [-0.2, 0) is 0 Å². The number of benzene rings is 2. The molecule has 0 N–H and O–H groups in total. The molecule has 0 aliphatic carbocycles. The van der Waals surface area contributed by atoms with Gasteiger partial charge in [0.2, 0.25) is 0 Å². The Bertz CT molecular complexity index is 619. The van der Waals surface area contributed by atoms with Crippen molar-refractivity contribution in [2.45, 2.75) is 0 Å². The Morgan fingerprint density at radius 2 is 1.78 bits per heavy atom. The first-order valence-corrected chi connectivity index (χ1v) is 5.70. The minimum Gasteiger partial charge on any atom is -0.341 e. The van der Waals surface area contributed by atoms with E-state index >= 15 is 0 Å². The van der Waals surface area contributed by atoms with Crippen molar-refractivity contribution in [3.05, 3.63) is 58.9 Å². The SMILES string of the molecule is CN(c1ccccc1F)c1cccc(Cl)c1C#N. The predicted octanol–water partition coefficient (Wildman–Crippen LogP) is 4.12. The first-order chi connectivity index (χ1) is 8.65. The van der Waals surface area contributed by atoms with E-state index in [-0.39, 0.29) is 5.82 Å². The molecule has 2 aromatic carbocycles. The van der Waals surface area contributed by atoms with E-state index in [2.05, 4.69) is 0 Å². The molecule has 0 saturated carbocycles. The van der Waals surface area contributed by atoms with Gasteiger partial charge in [0, 0.05) is 7.05 Å². The van der Waals surface area contributed by atoms with E-state index in [1.807, 2.05) is 6.07 Å². The monoisotopic (exact) mass is 260 g/mol. The first-order valence-electron chi connectivity index (χ1n) is 5.32. The molecule has 0 atom stereocenters. The quantitative estimate of drug-likeness (QED) is 0.812. The molecule has 0 spiro atoms. The van der Waals surface area contributed by atoms with Crippen molar-refractivity contribution in [1.82, 2.24) is 0 Å². The molecule has 0 heterocycles. The van der Waals surface area contributed by atoms with Gasteiger partial charge < -0.3 is 4.90 Å². The normalized spacial score (nSPS) is 9.89. The molecule has 0 fully saturated rings. The van der Waals surface area contributed by atoms with Gasteiger partial charge in [-0.15, -0.1) is 0 Å². The van der Waals surface area contributed by atoms with E-state index in [1.165, 1.54) is 6.07 Å². The summed E-state index contributed by atoms with van der Waals surface area (Å²) in [6.07, 6.45) is 0. The zero-order valence-electron chi connectivity index (χ0n) is 9.69. The fourth-order valence-electron chi connectivity index (χ4n) is 1.76. The van der Waals surface area contributed by atoms with E-state index in [0.29, 0.717) is 22.0 Å². The van der Waals surface area contributed by atoms with Crippen molar-refractivity contribution in [3.8, 4) is 6.07 Å². The molecule has 0 bridgehead atoms. The van der Waals surface area contributed by atoms with Gasteiger partial charge in [-0.2, -0.15) is 5.26 Å². The molecule has 0 aromatic heterocycles. The van der Waals surface area contributed by atoms with Gasteiger partial charge in [-0.1, -0.05) is 29.8 Å². The predicted molar refractivity (Wildman–Crippen MR) is 70.6 cm³/mol. The third-order valence-electron chi connectivity index (χ3n) is 2.68. The summed E-state index contributed by atoms with van der Waals surface area (Å²) in [5.41, 5.74) is 1.32. The van der Waals surface area contributed by atoms with Gasteiger partial charge in [-0.25, -0.2) is 4.39 Å². The van der Waals surface area contributed by atoms with Crippen molar-refractivity contribution in [1.29, 1.82) is 5.26 Å². The minimum atomic E-state index is -0.344. The number of rotatable bonds is 2. The molecule has 0 aliphatic rings. The van der Waals surface area contributed by atoms with E-state index in [9.17, 15) is 4.39 Å². The maximum atomic E-state index is 13.7. The summed E-state index contributed by atoms with van der Waals surface area (Å²) in [4.78, 5) is 1.61. The summed E-state index contributed by atoms with van der Waals surface area (Å²) in [5, 5.41) is 9.47. The Morgan fingerprint density at radius 3 is 2.44 bits per heavy atom. The maximum absolute atomic E-state index is 13.7. The fraction of sp³-hybridized carbons (Fsp3) is 0.0714. The van der Waals surface area contributed by atoms with Crippen LogP contribution in [0.15, 0.2) is 42.5 Å². The third kappa shape index (κ3) is 2.15. The number of nitrogens with zero attached hydrogens (tertiary/aromatic N) is 2. The second kappa shape index (κ2) is 5.07. The standard InChI is InChI=1S/C14H10ClFN2/c1-18(14-7-3-2-6-12(14)16)13-8-4-5-11(15)10(13)9-17/h2-8H,1H3. The lowest BCUT2D eigenvalue weighted by atomic mass is 10.1. The second-order valence-electron chi connectivity index (χ2n) is 3.76. The summed E-state index contributed by atoms with van der Waals surface area (Å²) in [6, 6.07) is 13.5. The van der Waals surface area contributed by atoms with Crippen molar-refractivity contribution in [2.75, 3.05) is 11.9 Å². The van der Waals surface area contributed by atoms with Crippen LogP contribution in [0.3, 0.4) is 0 Å². The van der Waals surface area contributed by atoms with E-state index in [1.54, 1.807) is 48.3 Å². The van der Waals surface area contributed by atoms with E-state index in [0.717, 1.165) is 0 Å². The third-order valence-corrected chi connectivity index (χ3v) is 2.99. The summed E-state index contributed by atoms with van der Waals surface area (Å²) in [6.45, 7) is 0. The van der Waals surface area contributed by atoms with Gasteiger partial charge in [0.1, 0.15) is 11.9 Å². The van der Waals surface area contributed by atoms with Crippen LogP contribution in [0.1, 0.15) is 5.56 Å². The van der Waals surface area contributed by atoms with Crippen LogP contribution in [0.2, 0.25) is 5.02 Å². The highest BCUT2D eigenvalue weighted by atomic mass is 35.5. The molecular weight excluding hydrogens is 251 g/mol. The average molecular weight is 261 g/mol. The molecule has 18 heavy (non-hydrogen) atoms. The van der Waals surface area contributed by atoms with Gasteiger partial charge in [-0.3, -0.25) is 0 Å². The van der Waals surface area contributed by atoms with Gasteiger partial charge in [0.15, 0.2) is 0 Å². The Kier molecular flexibility index (Phi) is 3.50. The average Bonchev–Trinajstić information content (AvgIpc) is 2.38. The van der Waals surface area contributed by atoms with Crippen LogP contribution < -0.4 is 4.90 Å². The summed E-state index contributed by atoms with van der Waals surface area (Å²) < 4.78 is 13.7. The highest BCUT2D eigenvalue weighted by Gasteiger charge is 2.14. The fourth-order valence-corrected chi connectivity index (χ4v) is 1.97. The summed E-state index contributed by atoms with van der Waals surface area (Å²) in [5.74, 6) is -0.344. The van der Waals surface area contributed by atoms with Crippen molar-refractivity contribution < 1.29 is 4.39 Å². The maximum Gasteiger partial charge on any atom is 0.146 e. The number of para-hydroxylation sites is 1. The topological polar surface area (TPSA) is 27.0 Å². The molecule has 0 aliphatic heterocycles. The number of nitriles is 1. The van der Waals surface area contributed by atoms with Crippen LogP contribution in [0.5, 0.6) is 0 Å². The van der Waals surface area contributed by atoms with Gasteiger partial charge >= 0.3 is 0 Å². The molecular formula is C14H10ClFN2. The van der Waals surface area contributed by atoms with Crippen LogP contribution in [-0.4, -0.2) is 7.05 Å². The van der Waals surface area contributed by atoms with Crippen molar-refractivity contribution in [2.24, 2.45) is 0 Å². The molecule has 2 rings (SSSR count). The Hall–Kier alpha value is -2.05. The molecule has 0 radical (unpaired) electrons.